The van der Waals surface area contributed by atoms with Crippen LogP contribution in [0.1, 0.15) is 45.7 Å². The molecular weight excluding hydrogens is 309 g/mol. The molecule has 3 N–H and O–H groups in total. The van der Waals surface area contributed by atoms with Crippen molar-refractivity contribution in [2.75, 3.05) is 0 Å². The van der Waals surface area contributed by atoms with Crippen LogP contribution in [0.3, 0.4) is 0 Å². The molecule has 0 spiro atoms. The van der Waals surface area contributed by atoms with Gasteiger partial charge in [-0.25, -0.2) is 4.79 Å². The molecule has 1 amide bonds. The number of hydrogen-bond donors (Lipinski definition) is 3. The highest BCUT2D eigenvalue weighted by atomic mass is 16.6. The van der Waals surface area contributed by atoms with Crippen LogP contribution >= 0.6 is 0 Å². The minimum atomic E-state index is -1.63. The van der Waals surface area contributed by atoms with Crippen molar-refractivity contribution in [2.24, 2.45) is 0 Å². The summed E-state index contributed by atoms with van der Waals surface area (Å²) in [6.07, 6.45) is 3.13. The van der Waals surface area contributed by atoms with Crippen LogP contribution in [0.4, 0.5) is 4.79 Å². The number of carbonyl (C=O) groups is 1. The Morgan fingerprint density at radius 2 is 1.96 bits per heavy atom. The van der Waals surface area contributed by atoms with E-state index in [2.05, 4.69) is 15.3 Å². The van der Waals surface area contributed by atoms with E-state index < -0.39 is 24.9 Å². The largest absolute Gasteiger partial charge is 0.488 e. The first-order chi connectivity index (χ1) is 11.2. The summed E-state index contributed by atoms with van der Waals surface area (Å²) >= 11 is 0. The summed E-state index contributed by atoms with van der Waals surface area (Å²) in [6.45, 7) is 7.28. The normalized spacial score (nSPS) is 12.8. The second kappa shape index (κ2) is 7.15. The maximum absolute atomic E-state index is 12.1. The smallest absolute Gasteiger partial charge is 0.444 e. The van der Waals surface area contributed by atoms with E-state index in [1.165, 1.54) is 6.20 Å². The number of benzene rings is 1. The Morgan fingerprint density at radius 3 is 2.54 bits per heavy atom. The Labute approximate surface area is 141 Å². The van der Waals surface area contributed by atoms with Gasteiger partial charge in [0, 0.05) is 18.0 Å². The number of fused-ring (bicyclic) bond motifs is 1. The third-order valence-corrected chi connectivity index (χ3v) is 3.40. The highest BCUT2D eigenvalue weighted by Crippen LogP contribution is 2.23. The highest BCUT2D eigenvalue weighted by Gasteiger charge is 2.23. The molecule has 0 saturated heterocycles. The molecule has 1 atom stereocenters. The van der Waals surface area contributed by atoms with Gasteiger partial charge in [-0.1, -0.05) is 13.0 Å². The van der Waals surface area contributed by atoms with Crippen molar-refractivity contribution < 1.29 is 19.6 Å². The lowest BCUT2D eigenvalue weighted by Gasteiger charge is -2.24. The maximum Gasteiger partial charge on any atom is 0.488 e. The summed E-state index contributed by atoms with van der Waals surface area (Å²) < 4.78 is 5.30. The molecule has 0 aliphatic carbocycles. The second-order valence-electron chi connectivity index (χ2n) is 6.51. The molecule has 0 aliphatic rings. The van der Waals surface area contributed by atoms with E-state index in [1.807, 2.05) is 6.92 Å². The zero-order valence-corrected chi connectivity index (χ0v) is 14.3. The minimum Gasteiger partial charge on any atom is -0.444 e. The standard InChI is InChI=1S/C16H22BN3O4/c1-5-12(20-15(21)24-16(2,3)4)11-8-10(17(22)23)9-13-14(11)19-7-6-18-13/h6-9,12,22-23H,5H2,1-4H3,(H,20,21). The Morgan fingerprint density at radius 1 is 1.29 bits per heavy atom. The topological polar surface area (TPSA) is 105 Å². The monoisotopic (exact) mass is 331 g/mol. The molecule has 1 aromatic heterocycles. The van der Waals surface area contributed by atoms with Gasteiger partial charge in [0.15, 0.2) is 0 Å². The number of hydrogen-bond acceptors (Lipinski definition) is 6. The first-order valence-electron chi connectivity index (χ1n) is 7.81. The van der Waals surface area contributed by atoms with Gasteiger partial charge in [0.1, 0.15) is 5.60 Å². The van der Waals surface area contributed by atoms with E-state index in [0.717, 1.165) is 0 Å². The molecule has 0 aliphatic heterocycles. The summed E-state index contributed by atoms with van der Waals surface area (Å²) in [4.78, 5) is 20.6. The first kappa shape index (κ1) is 18.2. The van der Waals surface area contributed by atoms with E-state index >= 15 is 0 Å². The molecule has 1 aromatic carbocycles. The molecule has 1 unspecified atom stereocenters. The van der Waals surface area contributed by atoms with Crippen molar-refractivity contribution in [3.05, 3.63) is 30.1 Å². The lowest BCUT2D eigenvalue weighted by molar-refractivity contribution is 0.0502. The Balaban J connectivity index is 2.41. The van der Waals surface area contributed by atoms with Crippen LogP contribution < -0.4 is 10.8 Å². The van der Waals surface area contributed by atoms with Crippen LogP contribution in [0.2, 0.25) is 0 Å². The quantitative estimate of drug-likeness (QED) is 0.729. The Hall–Kier alpha value is -2.19. The van der Waals surface area contributed by atoms with Gasteiger partial charge in [-0.15, -0.1) is 0 Å². The summed E-state index contributed by atoms with van der Waals surface area (Å²) in [5, 5.41) is 21.8. The van der Waals surface area contributed by atoms with Crippen molar-refractivity contribution in [2.45, 2.75) is 45.8 Å². The first-order valence-corrected chi connectivity index (χ1v) is 7.81. The van der Waals surface area contributed by atoms with Crippen LogP contribution in [0.15, 0.2) is 24.5 Å². The fourth-order valence-electron chi connectivity index (χ4n) is 2.39. The third-order valence-electron chi connectivity index (χ3n) is 3.40. The molecule has 1 heterocycles. The van der Waals surface area contributed by atoms with E-state index in [-0.39, 0.29) is 0 Å². The molecule has 0 fully saturated rings. The van der Waals surface area contributed by atoms with E-state index in [1.54, 1.807) is 39.1 Å². The van der Waals surface area contributed by atoms with Gasteiger partial charge in [-0.3, -0.25) is 9.97 Å². The van der Waals surface area contributed by atoms with Gasteiger partial charge in [-0.05, 0) is 38.7 Å². The zero-order chi connectivity index (χ0) is 17.9. The number of amides is 1. The molecule has 8 heteroatoms. The van der Waals surface area contributed by atoms with Crippen molar-refractivity contribution in [1.82, 2.24) is 15.3 Å². The van der Waals surface area contributed by atoms with E-state index in [9.17, 15) is 14.8 Å². The molecule has 0 radical (unpaired) electrons. The van der Waals surface area contributed by atoms with Crippen LogP contribution in [0.5, 0.6) is 0 Å². The molecule has 0 saturated carbocycles. The van der Waals surface area contributed by atoms with Crippen molar-refractivity contribution in [3.8, 4) is 0 Å². The maximum atomic E-state index is 12.1. The van der Waals surface area contributed by atoms with Crippen LogP contribution in [0, 0.1) is 0 Å². The summed E-state index contributed by atoms with van der Waals surface area (Å²) in [7, 11) is -1.63. The number of nitrogens with one attached hydrogen (secondary N) is 1. The number of nitrogens with zero attached hydrogens (tertiary/aromatic N) is 2. The molecular formula is C16H22BN3O4. The van der Waals surface area contributed by atoms with Crippen molar-refractivity contribution >= 4 is 29.7 Å². The van der Waals surface area contributed by atoms with Crippen molar-refractivity contribution in [3.63, 3.8) is 0 Å². The molecule has 24 heavy (non-hydrogen) atoms. The SMILES string of the molecule is CCC(NC(=O)OC(C)(C)C)c1cc(B(O)O)cc2nccnc12. The van der Waals surface area contributed by atoms with Crippen LogP contribution in [-0.4, -0.2) is 38.8 Å². The van der Waals surface area contributed by atoms with Gasteiger partial charge >= 0.3 is 13.2 Å². The molecule has 128 valence electrons. The molecule has 0 bridgehead atoms. The van der Waals surface area contributed by atoms with E-state index in [4.69, 9.17) is 4.74 Å². The number of rotatable bonds is 4. The third kappa shape index (κ3) is 4.42. The molecule has 2 aromatic rings. The fraction of sp³-hybridized carbons (Fsp3) is 0.438. The molecule has 7 nitrogen and oxygen atoms in total. The fourth-order valence-corrected chi connectivity index (χ4v) is 2.39. The number of aromatic nitrogens is 2. The number of alkyl carbamates (subject to hydrolysis) is 1. The number of ether oxygens (including phenoxy) is 1. The average molecular weight is 331 g/mol. The predicted molar refractivity (Wildman–Crippen MR) is 91.8 cm³/mol. The van der Waals surface area contributed by atoms with Gasteiger partial charge in [0.05, 0.1) is 17.1 Å². The lowest BCUT2D eigenvalue weighted by Crippen LogP contribution is -2.36. The van der Waals surface area contributed by atoms with Gasteiger partial charge < -0.3 is 20.1 Å². The summed E-state index contributed by atoms with van der Waals surface area (Å²) in [5.74, 6) is 0. The van der Waals surface area contributed by atoms with Gasteiger partial charge in [0.2, 0.25) is 0 Å². The van der Waals surface area contributed by atoms with E-state index in [0.29, 0.717) is 28.5 Å². The lowest BCUT2D eigenvalue weighted by atomic mass is 9.78. The zero-order valence-electron chi connectivity index (χ0n) is 14.3. The Bertz CT molecular complexity index is 731. The average Bonchev–Trinajstić information content (AvgIpc) is 2.49. The number of carbonyl (C=O) groups excluding carboxylic acids is 1. The van der Waals surface area contributed by atoms with Crippen LogP contribution in [-0.2, 0) is 4.74 Å². The van der Waals surface area contributed by atoms with Crippen molar-refractivity contribution in [1.29, 1.82) is 0 Å². The second-order valence-corrected chi connectivity index (χ2v) is 6.51. The Kier molecular flexibility index (Phi) is 5.41. The minimum absolute atomic E-state index is 0.294. The highest BCUT2D eigenvalue weighted by molar-refractivity contribution is 6.59. The van der Waals surface area contributed by atoms with Gasteiger partial charge in [0.25, 0.3) is 0 Å². The predicted octanol–water partition coefficient (Wildman–Crippen LogP) is 1.29. The van der Waals surface area contributed by atoms with Crippen LogP contribution in [0.25, 0.3) is 11.0 Å². The van der Waals surface area contributed by atoms with Gasteiger partial charge in [-0.2, -0.15) is 0 Å². The molecule has 2 rings (SSSR count). The summed E-state index contributed by atoms with van der Waals surface area (Å²) in [5.41, 5.74) is 1.49. The summed E-state index contributed by atoms with van der Waals surface area (Å²) in [6, 6.07) is 2.79.